The number of aryl methyl sites for hydroxylation is 3. The van der Waals surface area contributed by atoms with Gasteiger partial charge < -0.3 is 18.7 Å². The van der Waals surface area contributed by atoms with E-state index in [1.54, 1.807) is 0 Å². The van der Waals surface area contributed by atoms with Crippen LogP contribution >= 0.6 is 0 Å². The first-order valence-corrected chi connectivity index (χ1v) is 8.40. The summed E-state index contributed by atoms with van der Waals surface area (Å²) in [6, 6.07) is 4.03. The lowest BCUT2D eigenvalue weighted by atomic mass is 9.95. The van der Waals surface area contributed by atoms with Crippen LogP contribution in [0.1, 0.15) is 48.0 Å². The molecule has 0 N–H and O–H groups in total. The summed E-state index contributed by atoms with van der Waals surface area (Å²) in [5.41, 5.74) is 3.02. The lowest BCUT2D eigenvalue weighted by Gasteiger charge is -2.36. The van der Waals surface area contributed by atoms with Crippen molar-refractivity contribution in [3.63, 3.8) is 0 Å². The van der Waals surface area contributed by atoms with Crippen LogP contribution in [0.15, 0.2) is 22.9 Å². The minimum absolute atomic E-state index is 0.0249. The van der Waals surface area contributed by atoms with Crippen LogP contribution in [0.2, 0.25) is 0 Å². The lowest BCUT2D eigenvalue weighted by Crippen LogP contribution is -2.44. The molecular formula is C18H25N3O3. The third-order valence-corrected chi connectivity index (χ3v) is 4.84. The maximum absolute atomic E-state index is 13.0. The Kier molecular flexibility index (Phi) is 4.76. The van der Waals surface area contributed by atoms with Crippen molar-refractivity contribution in [3.8, 4) is 0 Å². The van der Waals surface area contributed by atoms with Crippen LogP contribution in [0.4, 0.5) is 0 Å². The quantitative estimate of drug-likeness (QED) is 0.864. The van der Waals surface area contributed by atoms with E-state index in [9.17, 15) is 4.79 Å². The molecule has 0 unspecified atom stereocenters. The highest BCUT2D eigenvalue weighted by atomic mass is 16.5. The normalized spacial score (nSPS) is 19.5. The Morgan fingerprint density at radius 3 is 2.88 bits per heavy atom. The minimum Gasteiger partial charge on any atom is -0.377 e. The first kappa shape index (κ1) is 16.8. The highest BCUT2D eigenvalue weighted by Gasteiger charge is 2.31. The minimum atomic E-state index is -0.0249. The van der Waals surface area contributed by atoms with Crippen LogP contribution in [0.25, 0.3) is 0 Å². The maximum atomic E-state index is 13.0. The molecule has 6 heteroatoms. The molecule has 3 heterocycles. The van der Waals surface area contributed by atoms with Crippen molar-refractivity contribution >= 4 is 5.91 Å². The summed E-state index contributed by atoms with van der Waals surface area (Å²) in [5, 5.41) is 4.00. The Morgan fingerprint density at radius 2 is 2.25 bits per heavy atom. The molecule has 3 rings (SSSR count). The average molecular weight is 331 g/mol. The highest BCUT2D eigenvalue weighted by molar-refractivity contribution is 5.77. The molecule has 1 fully saturated rings. The lowest BCUT2D eigenvalue weighted by molar-refractivity contribution is -0.140. The van der Waals surface area contributed by atoms with Gasteiger partial charge in [0.25, 0.3) is 0 Å². The Bertz CT molecular complexity index is 699. The van der Waals surface area contributed by atoms with Crippen molar-refractivity contribution in [3.05, 3.63) is 41.0 Å². The van der Waals surface area contributed by atoms with Crippen molar-refractivity contribution in [2.45, 2.75) is 39.2 Å². The van der Waals surface area contributed by atoms with Gasteiger partial charge in [0.05, 0.1) is 24.9 Å². The number of rotatable bonds is 4. The van der Waals surface area contributed by atoms with Gasteiger partial charge in [0, 0.05) is 37.5 Å². The van der Waals surface area contributed by atoms with Crippen molar-refractivity contribution in [1.82, 2.24) is 14.6 Å². The number of nitrogens with zero attached hydrogens (tertiary/aromatic N) is 3. The molecule has 0 aliphatic carbocycles. The van der Waals surface area contributed by atoms with Gasteiger partial charge in [0.1, 0.15) is 5.76 Å². The molecule has 130 valence electrons. The van der Waals surface area contributed by atoms with Crippen LogP contribution in [0.3, 0.4) is 0 Å². The number of aromatic nitrogens is 2. The Labute approximate surface area is 142 Å². The van der Waals surface area contributed by atoms with Gasteiger partial charge in [0.15, 0.2) is 0 Å². The molecule has 2 aromatic rings. The zero-order valence-electron chi connectivity index (χ0n) is 14.8. The van der Waals surface area contributed by atoms with Crippen molar-refractivity contribution in [2.24, 2.45) is 7.05 Å². The van der Waals surface area contributed by atoms with Crippen molar-refractivity contribution in [1.29, 1.82) is 0 Å². The molecule has 0 aromatic carbocycles. The van der Waals surface area contributed by atoms with E-state index in [1.165, 1.54) is 0 Å². The van der Waals surface area contributed by atoms with E-state index in [0.29, 0.717) is 26.2 Å². The molecule has 1 amide bonds. The second kappa shape index (κ2) is 6.81. The summed E-state index contributed by atoms with van der Waals surface area (Å²) < 4.78 is 12.9. The Morgan fingerprint density at radius 1 is 1.46 bits per heavy atom. The zero-order valence-corrected chi connectivity index (χ0v) is 14.8. The molecule has 1 aliphatic rings. The second-order valence-corrected chi connectivity index (χ2v) is 6.56. The molecule has 2 atom stereocenters. The van der Waals surface area contributed by atoms with Gasteiger partial charge in [-0.2, -0.15) is 0 Å². The fourth-order valence-corrected chi connectivity index (χ4v) is 3.64. The smallest absolute Gasteiger partial charge is 0.223 e. The van der Waals surface area contributed by atoms with Crippen LogP contribution in [0.5, 0.6) is 0 Å². The number of hydrogen-bond donors (Lipinski definition) is 0. The SMILES string of the molecule is Cc1noc(C)c1[C@H](C)CC(=O)N1CCOC[C@H]1c1cccn1C. The predicted molar refractivity (Wildman–Crippen MR) is 89.7 cm³/mol. The van der Waals surface area contributed by atoms with Crippen LogP contribution in [-0.4, -0.2) is 40.3 Å². The zero-order chi connectivity index (χ0) is 17.3. The van der Waals surface area contributed by atoms with Crippen molar-refractivity contribution < 1.29 is 14.1 Å². The van der Waals surface area contributed by atoms with Gasteiger partial charge in [-0.25, -0.2) is 0 Å². The molecule has 0 saturated carbocycles. The number of carbonyl (C=O) groups is 1. The van der Waals surface area contributed by atoms with E-state index in [1.807, 2.05) is 38.1 Å². The summed E-state index contributed by atoms with van der Waals surface area (Å²) >= 11 is 0. The molecule has 1 aliphatic heterocycles. The third kappa shape index (κ3) is 3.11. The topological polar surface area (TPSA) is 60.5 Å². The van der Waals surface area contributed by atoms with Crippen molar-refractivity contribution in [2.75, 3.05) is 19.8 Å². The summed E-state index contributed by atoms with van der Waals surface area (Å²) in [6.07, 6.45) is 2.45. The summed E-state index contributed by atoms with van der Waals surface area (Å²) in [4.78, 5) is 14.9. The van der Waals surface area contributed by atoms with Gasteiger partial charge in [-0.05, 0) is 31.9 Å². The van der Waals surface area contributed by atoms with E-state index in [0.717, 1.165) is 22.7 Å². The van der Waals surface area contributed by atoms with Crippen LogP contribution in [0, 0.1) is 13.8 Å². The molecular weight excluding hydrogens is 306 g/mol. The predicted octanol–water partition coefficient (Wildman–Crippen LogP) is 2.72. The molecule has 6 nitrogen and oxygen atoms in total. The van der Waals surface area contributed by atoms with Gasteiger partial charge in [0.2, 0.25) is 5.91 Å². The van der Waals surface area contributed by atoms with E-state index in [-0.39, 0.29) is 17.9 Å². The van der Waals surface area contributed by atoms with Gasteiger partial charge >= 0.3 is 0 Å². The monoisotopic (exact) mass is 331 g/mol. The Balaban J connectivity index is 1.76. The first-order valence-electron chi connectivity index (χ1n) is 8.40. The van der Waals surface area contributed by atoms with Gasteiger partial charge in [-0.1, -0.05) is 12.1 Å². The highest BCUT2D eigenvalue weighted by Crippen LogP contribution is 2.30. The number of carbonyl (C=O) groups excluding carboxylic acids is 1. The molecule has 24 heavy (non-hydrogen) atoms. The average Bonchev–Trinajstić information content (AvgIpc) is 3.12. The van der Waals surface area contributed by atoms with E-state index in [2.05, 4.69) is 22.7 Å². The second-order valence-electron chi connectivity index (χ2n) is 6.56. The molecule has 1 saturated heterocycles. The third-order valence-electron chi connectivity index (χ3n) is 4.84. The Hall–Kier alpha value is -2.08. The van der Waals surface area contributed by atoms with Crippen LogP contribution < -0.4 is 0 Å². The molecule has 0 spiro atoms. The van der Waals surface area contributed by atoms with Crippen LogP contribution in [-0.2, 0) is 16.6 Å². The van der Waals surface area contributed by atoms with E-state index < -0.39 is 0 Å². The molecule has 0 radical (unpaired) electrons. The molecule has 0 bridgehead atoms. The summed E-state index contributed by atoms with van der Waals surface area (Å²) in [6.45, 7) is 7.65. The fourth-order valence-electron chi connectivity index (χ4n) is 3.64. The van der Waals surface area contributed by atoms with E-state index in [4.69, 9.17) is 9.26 Å². The molecule has 2 aromatic heterocycles. The van der Waals surface area contributed by atoms with Gasteiger partial charge in [-0.15, -0.1) is 0 Å². The number of morpholine rings is 1. The number of ether oxygens (including phenoxy) is 1. The maximum Gasteiger partial charge on any atom is 0.223 e. The summed E-state index contributed by atoms with van der Waals surface area (Å²) in [5.74, 6) is 1.03. The first-order chi connectivity index (χ1) is 11.5. The largest absolute Gasteiger partial charge is 0.377 e. The fraction of sp³-hybridized carbons (Fsp3) is 0.556. The van der Waals surface area contributed by atoms with E-state index >= 15 is 0 Å². The standard InChI is InChI=1S/C18H25N3O3/c1-12(18-13(2)19-24-14(18)3)10-17(22)21-8-9-23-11-16(21)15-6-5-7-20(15)4/h5-7,12,16H,8-11H2,1-4H3/t12-,16+/m1/s1. The number of amides is 1. The number of hydrogen-bond acceptors (Lipinski definition) is 4. The van der Waals surface area contributed by atoms with Gasteiger partial charge in [-0.3, -0.25) is 4.79 Å². The summed E-state index contributed by atoms with van der Waals surface area (Å²) in [7, 11) is 2.00.